The summed E-state index contributed by atoms with van der Waals surface area (Å²) in [6.45, 7) is 1.58. The van der Waals surface area contributed by atoms with Gasteiger partial charge in [0, 0.05) is 47.4 Å². The first-order valence-corrected chi connectivity index (χ1v) is 10.00. The predicted octanol–water partition coefficient (Wildman–Crippen LogP) is 2.05. The molecule has 0 spiro atoms. The van der Waals surface area contributed by atoms with Crippen LogP contribution in [0.3, 0.4) is 0 Å². The fourth-order valence-electron chi connectivity index (χ4n) is 4.22. The second kappa shape index (κ2) is 9.15. The van der Waals surface area contributed by atoms with Crippen LogP contribution in [-0.2, 0) is 19.1 Å². The average Bonchev–Trinajstić information content (AvgIpc) is 3.24. The molecule has 1 aromatic carbocycles. The zero-order valence-electron chi connectivity index (χ0n) is 16.7. The number of rotatable bonds is 8. The van der Waals surface area contributed by atoms with Crippen LogP contribution in [0.2, 0.25) is 0 Å². The third kappa shape index (κ3) is 4.90. The molecular formula is C21H24N2O7. The van der Waals surface area contributed by atoms with Gasteiger partial charge in [-0.25, -0.2) is 0 Å². The van der Waals surface area contributed by atoms with Gasteiger partial charge in [-0.05, 0) is 36.6 Å². The highest BCUT2D eigenvalue weighted by Crippen LogP contribution is 2.36. The van der Waals surface area contributed by atoms with Crippen molar-refractivity contribution in [3.63, 3.8) is 0 Å². The Balaban J connectivity index is 1.52. The molecule has 30 heavy (non-hydrogen) atoms. The summed E-state index contributed by atoms with van der Waals surface area (Å²) in [5, 5.41) is 10.8. The molecule has 1 heterocycles. The van der Waals surface area contributed by atoms with Crippen LogP contribution in [-0.4, -0.2) is 48.1 Å². The third-order valence-electron chi connectivity index (χ3n) is 5.87. The van der Waals surface area contributed by atoms with E-state index in [-0.39, 0.29) is 37.0 Å². The number of nitro groups is 1. The lowest BCUT2D eigenvalue weighted by Crippen LogP contribution is -2.28. The lowest BCUT2D eigenvalue weighted by molar-refractivity contribution is -0.490. The number of hydrogen-bond acceptors (Lipinski definition) is 7. The van der Waals surface area contributed by atoms with Gasteiger partial charge in [0.2, 0.25) is 12.5 Å². The van der Waals surface area contributed by atoms with E-state index in [2.05, 4.69) is 0 Å². The highest BCUT2D eigenvalue weighted by molar-refractivity contribution is 5.99. The number of benzene rings is 1. The van der Waals surface area contributed by atoms with Gasteiger partial charge in [0.1, 0.15) is 5.78 Å². The number of ether oxygens (including phenoxy) is 1. The van der Waals surface area contributed by atoms with Gasteiger partial charge in [-0.1, -0.05) is 6.92 Å². The van der Waals surface area contributed by atoms with Crippen molar-refractivity contribution in [2.45, 2.75) is 32.6 Å². The summed E-state index contributed by atoms with van der Waals surface area (Å²) in [6.07, 6.45) is 1.27. The summed E-state index contributed by atoms with van der Waals surface area (Å²) in [7, 11) is 0. The number of anilines is 1. The number of amides is 1. The van der Waals surface area contributed by atoms with E-state index in [9.17, 15) is 29.3 Å². The van der Waals surface area contributed by atoms with Gasteiger partial charge < -0.3 is 9.64 Å². The Labute approximate surface area is 173 Å². The van der Waals surface area contributed by atoms with E-state index in [0.717, 1.165) is 12.1 Å². The van der Waals surface area contributed by atoms with E-state index in [1.54, 1.807) is 36.1 Å². The molecule has 1 aromatic rings. The minimum absolute atomic E-state index is 0.0502. The van der Waals surface area contributed by atoms with Gasteiger partial charge in [0.15, 0.2) is 12.4 Å². The van der Waals surface area contributed by atoms with Crippen LogP contribution < -0.4 is 4.90 Å². The Bertz CT molecular complexity index is 865. The molecule has 1 saturated carbocycles. The summed E-state index contributed by atoms with van der Waals surface area (Å²) in [5.74, 6) is -2.66. The van der Waals surface area contributed by atoms with Crippen molar-refractivity contribution >= 4 is 29.1 Å². The highest BCUT2D eigenvalue weighted by Gasteiger charge is 2.44. The average molecular weight is 416 g/mol. The van der Waals surface area contributed by atoms with Crippen molar-refractivity contribution in [3.05, 3.63) is 39.9 Å². The number of carbonyl (C=O) groups is 4. The molecule has 160 valence electrons. The Morgan fingerprint density at radius 3 is 2.53 bits per heavy atom. The van der Waals surface area contributed by atoms with Gasteiger partial charge in [0.05, 0.1) is 6.42 Å². The molecule has 0 unspecified atom stereocenters. The van der Waals surface area contributed by atoms with Crippen LogP contribution in [0.15, 0.2) is 24.3 Å². The lowest BCUT2D eigenvalue weighted by atomic mass is 9.88. The quantitative estimate of drug-likeness (QED) is 0.275. The summed E-state index contributed by atoms with van der Waals surface area (Å²) in [6, 6.07) is 6.51. The van der Waals surface area contributed by atoms with Crippen LogP contribution in [0.5, 0.6) is 0 Å². The van der Waals surface area contributed by atoms with Crippen LogP contribution in [0.1, 0.15) is 43.0 Å². The fraction of sp³-hybridized carbons (Fsp3) is 0.524. The molecule has 2 aliphatic rings. The van der Waals surface area contributed by atoms with Crippen molar-refractivity contribution in [1.29, 1.82) is 0 Å². The van der Waals surface area contributed by atoms with Gasteiger partial charge >= 0.3 is 5.97 Å². The molecule has 3 atom stereocenters. The SMILES string of the molecule is C[C@@H]1CC(=O)[C@@H](CC(=O)OCC(=O)c2ccc(N3CCCC3=O)cc2)[C@@H]1C[N+](=O)[O-]. The summed E-state index contributed by atoms with van der Waals surface area (Å²) in [5.41, 5.74) is 1.06. The normalized spacial score (nSPS) is 23.6. The van der Waals surface area contributed by atoms with Crippen molar-refractivity contribution in [3.8, 4) is 0 Å². The fourth-order valence-corrected chi connectivity index (χ4v) is 4.22. The smallest absolute Gasteiger partial charge is 0.306 e. The molecule has 3 rings (SSSR count). The maximum absolute atomic E-state index is 12.3. The second-order valence-electron chi connectivity index (χ2n) is 7.92. The molecule has 9 nitrogen and oxygen atoms in total. The molecule has 1 aliphatic carbocycles. The molecule has 1 aliphatic heterocycles. The second-order valence-corrected chi connectivity index (χ2v) is 7.92. The molecule has 0 N–H and O–H groups in total. The third-order valence-corrected chi connectivity index (χ3v) is 5.87. The van der Waals surface area contributed by atoms with E-state index in [4.69, 9.17) is 4.74 Å². The van der Waals surface area contributed by atoms with E-state index >= 15 is 0 Å². The number of ketones is 2. The maximum atomic E-state index is 12.3. The first-order valence-electron chi connectivity index (χ1n) is 10.00. The molecule has 2 fully saturated rings. The summed E-state index contributed by atoms with van der Waals surface area (Å²) >= 11 is 0. The molecule has 9 heteroatoms. The Morgan fingerprint density at radius 1 is 1.23 bits per heavy atom. The molecular weight excluding hydrogens is 392 g/mol. The van der Waals surface area contributed by atoms with Crippen LogP contribution in [0, 0.1) is 27.9 Å². The molecule has 0 aromatic heterocycles. The first-order chi connectivity index (χ1) is 14.3. The molecule has 1 saturated heterocycles. The maximum Gasteiger partial charge on any atom is 0.306 e. The number of Topliss-reactive ketones (excluding diaryl/α,β-unsaturated/α-hetero) is 2. The number of esters is 1. The van der Waals surface area contributed by atoms with Crippen LogP contribution in [0.4, 0.5) is 5.69 Å². The predicted molar refractivity (Wildman–Crippen MR) is 106 cm³/mol. The van der Waals surface area contributed by atoms with E-state index in [0.29, 0.717) is 18.5 Å². The molecule has 1 amide bonds. The molecule has 0 bridgehead atoms. The molecule has 0 radical (unpaired) electrons. The largest absolute Gasteiger partial charge is 0.457 e. The van der Waals surface area contributed by atoms with Crippen molar-refractivity contribution in [2.75, 3.05) is 24.6 Å². The van der Waals surface area contributed by atoms with Crippen LogP contribution in [0.25, 0.3) is 0 Å². The van der Waals surface area contributed by atoms with Gasteiger partial charge in [-0.3, -0.25) is 29.3 Å². The zero-order chi connectivity index (χ0) is 21.8. The monoisotopic (exact) mass is 416 g/mol. The Kier molecular flexibility index (Phi) is 6.59. The minimum Gasteiger partial charge on any atom is -0.457 e. The van der Waals surface area contributed by atoms with Crippen molar-refractivity contribution < 1.29 is 28.8 Å². The number of nitrogens with zero attached hydrogens (tertiary/aromatic N) is 2. The topological polar surface area (TPSA) is 124 Å². The van der Waals surface area contributed by atoms with Crippen molar-refractivity contribution in [1.82, 2.24) is 0 Å². The van der Waals surface area contributed by atoms with E-state index < -0.39 is 35.1 Å². The van der Waals surface area contributed by atoms with Gasteiger partial charge in [-0.15, -0.1) is 0 Å². The zero-order valence-corrected chi connectivity index (χ0v) is 16.7. The highest BCUT2D eigenvalue weighted by atomic mass is 16.6. The number of carbonyl (C=O) groups excluding carboxylic acids is 4. The van der Waals surface area contributed by atoms with Crippen molar-refractivity contribution in [2.24, 2.45) is 17.8 Å². The number of hydrogen-bond donors (Lipinski definition) is 0. The van der Waals surface area contributed by atoms with E-state index in [1.165, 1.54) is 0 Å². The van der Waals surface area contributed by atoms with Gasteiger partial charge in [-0.2, -0.15) is 0 Å². The summed E-state index contributed by atoms with van der Waals surface area (Å²) < 4.78 is 5.03. The summed E-state index contributed by atoms with van der Waals surface area (Å²) in [4.78, 5) is 60.4. The first kappa shape index (κ1) is 21.6. The lowest BCUT2D eigenvalue weighted by Gasteiger charge is -2.17. The Morgan fingerprint density at radius 2 is 1.93 bits per heavy atom. The van der Waals surface area contributed by atoms with E-state index in [1.807, 2.05) is 0 Å². The van der Waals surface area contributed by atoms with Gasteiger partial charge in [0.25, 0.3) is 0 Å². The van der Waals surface area contributed by atoms with Crippen LogP contribution >= 0.6 is 0 Å². The standard InChI is InChI=1S/C21H24N2O7/c1-13-9-18(24)16(17(13)11-23(28)29)10-21(27)30-12-19(25)14-4-6-15(7-5-14)22-8-2-3-20(22)26/h4-7,13,16-17H,2-3,8-12H2,1H3/t13-,16+,17-/m1/s1. The Hall–Kier alpha value is -3.10. The minimum atomic E-state index is -0.745.